The van der Waals surface area contributed by atoms with E-state index in [1.165, 1.54) is 16.8 Å². The zero-order valence-corrected chi connectivity index (χ0v) is 12.9. The van der Waals surface area contributed by atoms with Gasteiger partial charge in [0.2, 0.25) is 5.91 Å². The Labute approximate surface area is 138 Å². The topological polar surface area (TPSA) is 90.1 Å². The van der Waals surface area contributed by atoms with Gasteiger partial charge in [0, 0.05) is 24.1 Å². The predicted octanol–water partition coefficient (Wildman–Crippen LogP) is 2.30. The number of aromatic nitrogens is 2. The lowest BCUT2D eigenvalue weighted by Gasteiger charge is -2.06. The van der Waals surface area contributed by atoms with Gasteiger partial charge in [0.05, 0.1) is 16.6 Å². The van der Waals surface area contributed by atoms with E-state index in [4.69, 9.17) is 0 Å². The summed E-state index contributed by atoms with van der Waals surface area (Å²) in [5.41, 5.74) is 1.70. The van der Waals surface area contributed by atoms with E-state index in [9.17, 15) is 14.9 Å². The molecule has 0 aliphatic rings. The Morgan fingerprint density at radius 3 is 2.75 bits per heavy atom. The van der Waals surface area contributed by atoms with E-state index in [2.05, 4.69) is 10.4 Å². The van der Waals surface area contributed by atoms with Crippen LogP contribution in [0.25, 0.3) is 10.9 Å². The zero-order chi connectivity index (χ0) is 16.9. The van der Waals surface area contributed by atoms with Gasteiger partial charge in [0.15, 0.2) is 0 Å². The summed E-state index contributed by atoms with van der Waals surface area (Å²) in [6.45, 7) is 0.557. The van der Waals surface area contributed by atoms with Crippen molar-refractivity contribution in [1.29, 1.82) is 0 Å². The molecule has 0 unspecified atom stereocenters. The van der Waals surface area contributed by atoms with E-state index in [1.807, 2.05) is 30.3 Å². The van der Waals surface area contributed by atoms with Crippen molar-refractivity contribution in [2.24, 2.45) is 0 Å². The van der Waals surface area contributed by atoms with E-state index < -0.39 is 4.92 Å². The van der Waals surface area contributed by atoms with Crippen molar-refractivity contribution in [2.75, 3.05) is 6.54 Å². The Morgan fingerprint density at radius 2 is 2.00 bits per heavy atom. The standard InChI is InChI=1S/C17H16N4O3/c22-17(18-9-8-13-4-2-1-3-5-13)12-20-16-10-15(21(23)24)7-6-14(16)11-19-20/h1-7,10-11H,8-9,12H2,(H,18,22). The molecule has 1 N–H and O–H groups in total. The first-order valence-electron chi connectivity index (χ1n) is 7.54. The summed E-state index contributed by atoms with van der Waals surface area (Å²) in [4.78, 5) is 22.5. The highest BCUT2D eigenvalue weighted by Crippen LogP contribution is 2.20. The molecule has 24 heavy (non-hydrogen) atoms. The number of nitro groups is 1. The number of carbonyl (C=O) groups excluding carboxylic acids is 1. The van der Waals surface area contributed by atoms with E-state index in [-0.39, 0.29) is 18.1 Å². The first-order chi connectivity index (χ1) is 11.6. The van der Waals surface area contributed by atoms with E-state index in [0.717, 1.165) is 17.4 Å². The lowest BCUT2D eigenvalue weighted by atomic mass is 10.1. The fraction of sp³-hybridized carbons (Fsp3) is 0.176. The van der Waals surface area contributed by atoms with Crippen LogP contribution in [0.15, 0.2) is 54.7 Å². The summed E-state index contributed by atoms with van der Waals surface area (Å²) in [6.07, 6.45) is 2.34. The molecule has 0 spiro atoms. The number of amides is 1. The second-order valence-corrected chi connectivity index (χ2v) is 5.39. The van der Waals surface area contributed by atoms with Crippen LogP contribution >= 0.6 is 0 Å². The second-order valence-electron chi connectivity index (χ2n) is 5.39. The number of hydrogen-bond acceptors (Lipinski definition) is 4. The Kier molecular flexibility index (Phi) is 4.51. The van der Waals surface area contributed by atoms with Crippen molar-refractivity contribution in [3.63, 3.8) is 0 Å². The van der Waals surface area contributed by atoms with Gasteiger partial charge in [-0.3, -0.25) is 19.6 Å². The van der Waals surface area contributed by atoms with E-state index >= 15 is 0 Å². The SMILES string of the molecule is O=C(Cn1ncc2ccc([N+](=O)[O-])cc21)NCCc1ccccc1. The Hall–Kier alpha value is -3.22. The van der Waals surface area contributed by atoms with Crippen molar-refractivity contribution in [3.8, 4) is 0 Å². The third kappa shape index (κ3) is 3.57. The summed E-state index contributed by atoms with van der Waals surface area (Å²) < 4.78 is 1.47. The van der Waals surface area contributed by atoms with Crippen LogP contribution in [0.4, 0.5) is 5.69 Å². The van der Waals surface area contributed by atoms with E-state index in [0.29, 0.717) is 12.1 Å². The van der Waals surface area contributed by atoms with Gasteiger partial charge in [-0.05, 0) is 18.1 Å². The van der Waals surface area contributed by atoms with Gasteiger partial charge in [-0.2, -0.15) is 5.10 Å². The third-order valence-electron chi connectivity index (χ3n) is 3.71. The maximum absolute atomic E-state index is 12.1. The minimum Gasteiger partial charge on any atom is -0.354 e. The monoisotopic (exact) mass is 324 g/mol. The summed E-state index contributed by atoms with van der Waals surface area (Å²) in [5, 5.41) is 18.6. The van der Waals surface area contributed by atoms with Crippen LogP contribution in [0.1, 0.15) is 5.56 Å². The normalized spacial score (nSPS) is 10.7. The second kappa shape index (κ2) is 6.91. The number of benzene rings is 2. The molecule has 7 nitrogen and oxygen atoms in total. The summed E-state index contributed by atoms with van der Waals surface area (Å²) in [7, 11) is 0. The number of nitrogens with zero attached hydrogens (tertiary/aromatic N) is 3. The van der Waals surface area contributed by atoms with Gasteiger partial charge in [0.25, 0.3) is 5.69 Å². The summed E-state index contributed by atoms with van der Waals surface area (Å²) in [5.74, 6) is -0.178. The van der Waals surface area contributed by atoms with Gasteiger partial charge in [-0.25, -0.2) is 0 Å². The average molecular weight is 324 g/mol. The van der Waals surface area contributed by atoms with Crippen LogP contribution in [-0.2, 0) is 17.8 Å². The van der Waals surface area contributed by atoms with Crippen molar-refractivity contribution < 1.29 is 9.72 Å². The van der Waals surface area contributed by atoms with E-state index in [1.54, 1.807) is 12.3 Å². The molecule has 0 bridgehead atoms. The maximum Gasteiger partial charge on any atom is 0.271 e. The minimum atomic E-state index is -0.462. The van der Waals surface area contributed by atoms with Gasteiger partial charge >= 0.3 is 0 Å². The van der Waals surface area contributed by atoms with Gasteiger partial charge in [0.1, 0.15) is 6.54 Å². The number of nitrogens with one attached hydrogen (secondary N) is 1. The van der Waals surface area contributed by atoms with Crippen LogP contribution in [-0.4, -0.2) is 27.2 Å². The molecule has 3 aromatic rings. The first kappa shape index (κ1) is 15.7. The molecule has 0 saturated heterocycles. The molecule has 0 atom stereocenters. The van der Waals surface area contributed by atoms with Crippen molar-refractivity contribution >= 4 is 22.5 Å². The average Bonchev–Trinajstić information content (AvgIpc) is 2.98. The molecular weight excluding hydrogens is 308 g/mol. The Balaban J connectivity index is 1.63. The van der Waals surface area contributed by atoms with Gasteiger partial charge < -0.3 is 5.32 Å². The molecular formula is C17H16N4O3. The number of fused-ring (bicyclic) bond motifs is 1. The molecule has 7 heteroatoms. The molecule has 1 amide bonds. The highest BCUT2D eigenvalue weighted by atomic mass is 16.6. The highest BCUT2D eigenvalue weighted by molar-refractivity contribution is 5.83. The number of hydrogen-bond donors (Lipinski definition) is 1. The van der Waals surface area contributed by atoms with Crippen molar-refractivity contribution in [3.05, 3.63) is 70.4 Å². The molecule has 2 aromatic carbocycles. The highest BCUT2D eigenvalue weighted by Gasteiger charge is 2.12. The first-order valence-corrected chi connectivity index (χ1v) is 7.54. The number of rotatable bonds is 6. The third-order valence-corrected chi connectivity index (χ3v) is 3.71. The smallest absolute Gasteiger partial charge is 0.271 e. The number of carbonyl (C=O) groups is 1. The van der Waals surface area contributed by atoms with Crippen molar-refractivity contribution in [2.45, 2.75) is 13.0 Å². The Morgan fingerprint density at radius 1 is 1.21 bits per heavy atom. The van der Waals surface area contributed by atoms with Crippen LogP contribution < -0.4 is 5.32 Å². The molecule has 0 fully saturated rings. The fourth-order valence-corrected chi connectivity index (χ4v) is 2.48. The lowest BCUT2D eigenvalue weighted by Crippen LogP contribution is -2.29. The van der Waals surface area contributed by atoms with Crippen molar-refractivity contribution in [1.82, 2.24) is 15.1 Å². The predicted molar refractivity (Wildman–Crippen MR) is 89.5 cm³/mol. The van der Waals surface area contributed by atoms with Crippen LogP contribution in [0, 0.1) is 10.1 Å². The van der Waals surface area contributed by atoms with Gasteiger partial charge in [-0.1, -0.05) is 30.3 Å². The molecule has 0 aliphatic carbocycles. The minimum absolute atomic E-state index is 0.0197. The molecule has 1 heterocycles. The summed E-state index contributed by atoms with van der Waals surface area (Å²) in [6, 6.07) is 14.4. The molecule has 3 rings (SSSR count). The Bertz CT molecular complexity index is 874. The molecule has 0 radical (unpaired) electrons. The molecule has 0 saturated carbocycles. The number of nitro benzene ring substituents is 1. The largest absolute Gasteiger partial charge is 0.354 e. The quantitative estimate of drug-likeness (QED) is 0.556. The van der Waals surface area contributed by atoms with Crippen LogP contribution in [0.3, 0.4) is 0 Å². The molecule has 122 valence electrons. The summed E-state index contributed by atoms with van der Waals surface area (Å²) >= 11 is 0. The van der Waals surface area contributed by atoms with Gasteiger partial charge in [-0.15, -0.1) is 0 Å². The number of non-ortho nitro benzene ring substituents is 1. The zero-order valence-electron chi connectivity index (χ0n) is 12.9. The van der Waals surface area contributed by atoms with Crippen LogP contribution in [0.2, 0.25) is 0 Å². The fourth-order valence-electron chi connectivity index (χ4n) is 2.48. The molecule has 0 aliphatic heterocycles. The molecule has 1 aromatic heterocycles. The van der Waals surface area contributed by atoms with Crippen LogP contribution in [0.5, 0.6) is 0 Å². The maximum atomic E-state index is 12.1. The lowest BCUT2D eigenvalue weighted by molar-refractivity contribution is -0.384.